The first-order chi connectivity index (χ1) is 17.9. The van der Waals surface area contributed by atoms with Crippen molar-refractivity contribution in [3.05, 3.63) is 83.0 Å². The molecule has 0 aliphatic carbocycles. The van der Waals surface area contributed by atoms with Crippen molar-refractivity contribution in [3.8, 4) is 17.2 Å². The van der Waals surface area contributed by atoms with Gasteiger partial charge >= 0.3 is 0 Å². The summed E-state index contributed by atoms with van der Waals surface area (Å²) in [5.74, 6) is 0.462. The van der Waals surface area contributed by atoms with Crippen LogP contribution in [-0.2, 0) is 9.59 Å². The van der Waals surface area contributed by atoms with Gasteiger partial charge in [-0.25, -0.2) is 9.38 Å². The molecule has 1 heterocycles. The Morgan fingerprint density at radius 1 is 1.05 bits per heavy atom. The van der Waals surface area contributed by atoms with Crippen LogP contribution in [0, 0.1) is 5.82 Å². The number of nitrogens with zero attached hydrogens (tertiary/aromatic N) is 1. The summed E-state index contributed by atoms with van der Waals surface area (Å²) < 4.78 is 29.4. The molecular formula is C27H24FN3O5S. The molecule has 0 unspecified atom stereocenters. The summed E-state index contributed by atoms with van der Waals surface area (Å²) in [5, 5.41) is 5.86. The summed E-state index contributed by atoms with van der Waals surface area (Å²) in [6.45, 7) is 2.23. The van der Waals surface area contributed by atoms with Gasteiger partial charge in [0, 0.05) is 5.69 Å². The molecule has 0 saturated carbocycles. The molecule has 1 aliphatic heterocycles. The average molecular weight is 522 g/mol. The molecular weight excluding hydrogens is 497 g/mol. The molecule has 1 fully saturated rings. The first kappa shape index (κ1) is 25.8. The fraction of sp³-hybridized carbons (Fsp3) is 0.148. The maximum atomic E-state index is 13.0. The molecule has 3 aromatic carbocycles. The first-order valence-corrected chi connectivity index (χ1v) is 12.1. The molecule has 0 aromatic heterocycles. The van der Waals surface area contributed by atoms with E-state index < -0.39 is 11.7 Å². The minimum Gasteiger partial charge on any atom is -0.494 e. The average Bonchev–Trinajstić information content (AvgIpc) is 3.24. The highest BCUT2D eigenvalue weighted by molar-refractivity contribution is 8.18. The van der Waals surface area contributed by atoms with Crippen molar-refractivity contribution in [2.75, 3.05) is 25.6 Å². The molecule has 3 aromatic rings. The summed E-state index contributed by atoms with van der Waals surface area (Å²) in [6, 6.07) is 17.8. The number of benzene rings is 3. The summed E-state index contributed by atoms with van der Waals surface area (Å²) >= 11 is 1.23. The minimum absolute atomic E-state index is 0.258. The molecule has 0 bridgehead atoms. The molecule has 10 heteroatoms. The Hall–Kier alpha value is -4.31. The standard InChI is InChI=1S/C27H24FN3O5S/c1-3-35-21-11-9-20(10-12-21)30-27-31-26(33)24(37-27)15-17-4-13-22(23(14-17)34-2)36-16-25(32)29-19-7-5-18(28)6-8-19/h4-15H,3,16H2,1-2H3,(H,29,32)(H,30,31,33)/b24-15+. The lowest BCUT2D eigenvalue weighted by Crippen LogP contribution is -2.20. The van der Waals surface area contributed by atoms with Gasteiger partial charge in [-0.2, -0.15) is 0 Å². The molecule has 1 saturated heterocycles. The zero-order valence-corrected chi connectivity index (χ0v) is 20.9. The number of hydrogen-bond donors (Lipinski definition) is 2. The Kier molecular flexibility index (Phi) is 8.42. The Labute approximate surface area is 217 Å². The van der Waals surface area contributed by atoms with Gasteiger partial charge < -0.3 is 24.8 Å². The third-order valence-electron chi connectivity index (χ3n) is 5.00. The van der Waals surface area contributed by atoms with Crippen LogP contribution in [0.3, 0.4) is 0 Å². The highest BCUT2D eigenvalue weighted by Crippen LogP contribution is 2.32. The van der Waals surface area contributed by atoms with Gasteiger partial charge in [-0.1, -0.05) is 6.07 Å². The number of methoxy groups -OCH3 is 1. The number of carbonyl (C=O) groups excluding carboxylic acids is 2. The zero-order chi connectivity index (χ0) is 26.2. The highest BCUT2D eigenvalue weighted by atomic mass is 32.2. The zero-order valence-electron chi connectivity index (χ0n) is 20.1. The molecule has 4 rings (SSSR count). The van der Waals surface area contributed by atoms with Crippen molar-refractivity contribution < 1.29 is 28.2 Å². The normalized spacial score (nSPS) is 14.9. The van der Waals surface area contributed by atoms with Crippen molar-refractivity contribution in [2.45, 2.75) is 6.92 Å². The van der Waals surface area contributed by atoms with E-state index in [4.69, 9.17) is 14.2 Å². The van der Waals surface area contributed by atoms with Crippen LogP contribution in [-0.4, -0.2) is 37.3 Å². The van der Waals surface area contributed by atoms with Crippen molar-refractivity contribution >= 4 is 46.2 Å². The van der Waals surface area contributed by atoms with Gasteiger partial charge in [-0.05, 0) is 91.0 Å². The molecule has 2 N–H and O–H groups in total. The van der Waals surface area contributed by atoms with Crippen LogP contribution in [0.4, 0.5) is 15.8 Å². The van der Waals surface area contributed by atoms with Crippen LogP contribution in [0.2, 0.25) is 0 Å². The number of aliphatic imine (C=N–C) groups is 1. The molecule has 0 atom stereocenters. The van der Waals surface area contributed by atoms with E-state index >= 15 is 0 Å². The van der Waals surface area contributed by atoms with Crippen LogP contribution in [0.5, 0.6) is 17.2 Å². The third-order valence-corrected chi connectivity index (χ3v) is 5.91. The topological polar surface area (TPSA) is 98.3 Å². The number of nitrogens with one attached hydrogen (secondary N) is 2. The molecule has 8 nitrogen and oxygen atoms in total. The number of thioether (sulfide) groups is 1. The van der Waals surface area contributed by atoms with E-state index in [0.717, 1.165) is 5.75 Å². The predicted octanol–water partition coefficient (Wildman–Crippen LogP) is 5.14. The second-order valence-corrected chi connectivity index (χ2v) is 8.69. The van der Waals surface area contributed by atoms with Crippen LogP contribution in [0.1, 0.15) is 12.5 Å². The number of anilines is 1. The van der Waals surface area contributed by atoms with Gasteiger partial charge in [0.05, 0.1) is 24.3 Å². The molecule has 2 amide bonds. The van der Waals surface area contributed by atoms with E-state index in [9.17, 15) is 14.0 Å². The van der Waals surface area contributed by atoms with Gasteiger partial charge in [0.15, 0.2) is 23.3 Å². The van der Waals surface area contributed by atoms with Gasteiger partial charge in [0.25, 0.3) is 11.8 Å². The molecule has 0 spiro atoms. The van der Waals surface area contributed by atoms with Crippen molar-refractivity contribution in [3.63, 3.8) is 0 Å². The fourth-order valence-corrected chi connectivity index (χ4v) is 4.14. The quantitative estimate of drug-likeness (QED) is 0.379. The lowest BCUT2D eigenvalue weighted by Gasteiger charge is -2.11. The second-order valence-electron chi connectivity index (χ2n) is 7.66. The van der Waals surface area contributed by atoms with E-state index in [1.165, 1.54) is 43.1 Å². The van der Waals surface area contributed by atoms with Gasteiger partial charge in [-0.15, -0.1) is 0 Å². The number of amidine groups is 1. The number of rotatable bonds is 9. The molecule has 190 valence electrons. The van der Waals surface area contributed by atoms with Gasteiger partial charge in [-0.3, -0.25) is 9.59 Å². The lowest BCUT2D eigenvalue weighted by atomic mass is 10.2. The summed E-state index contributed by atoms with van der Waals surface area (Å²) in [6.07, 6.45) is 1.72. The summed E-state index contributed by atoms with van der Waals surface area (Å²) in [4.78, 5) is 29.6. The van der Waals surface area contributed by atoms with Gasteiger partial charge in [0.1, 0.15) is 11.6 Å². The number of ether oxygens (including phenoxy) is 3. The van der Waals surface area contributed by atoms with Crippen molar-refractivity contribution in [1.29, 1.82) is 0 Å². The predicted molar refractivity (Wildman–Crippen MR) is 142 cm³/mol. The largest absolute Gasteiger partial charge is 0.494 e. The molecule has 0 radical (unpaired) electrons. The Bertz CT molecular complexity index is 1340. The Balaban J connectivity index is 1.39. The molecule has 1 aliphatic rings. The minimum atomic E-state index is -0.404. The third kappa shape index (κ3) is 7.11. The van der Waals surface area contributed by atoms with E-state index in [-0.39, 0.29) is 12.5 Å². The van der Waals surface area contributed by atoms with E-state index in [1.54, 1.807) is 24.3 Å². The Morgan fingerprint density at radius 2 is 1.81 bits per heavy atom. The van der Waals surface area contributed by atoms with Crippen molar-refractivity contribution in [2.24, 2.45) is 4.99 Å². The van der Waals surface area contributed by atoms with Gasteiger partial charge in [0.2, 0.25) is 0 Å². The van der Waals surface area contributed by atoms with Crippen LogP contribution >= 0.6 is 11.8 Å². The van der Waals surface area contributed by atoms with E-state index in [0.29, 0.717) is 45.1 Å². The maximum Gasteiger partial charge on any atom is 0.264 e. The summed E-state index contributed by atoms with van der Waals surface area (Å²) in [7, 11) is 1.48. The Morgan fingerprint density at radius 3 is 2.51 bits per heavy atom. The highest BCUT2D eigenvalue weighted by Gasteiger charge is 2.24. The number of amides is 2. The monoisotopic (exact) mass is 521 g/mol. The lowest BCUT2D eigenvalue weighted by molar-refractivity contribution is -0.118. The number of hydrogen-bond acceptors (Lipinski definition) is 7. The van der Waals surface area contributed by atoms with Crippen molar-refractivity contribution in [1.82, 2.24) is 5.32 Å². The maximum absolute atomic E-state index is 13.0. The number of carbonyl (C=O) groups is 2. The number of halogens is 1. The smallest absolute Gasteiger partial charge is 0.264 e. The fourth-order valence-electron chi connectivity index (χ4n) is 3.30. The van der Waals surface area contributed by atoms with Crippen LogP contribution < -0.4 is 24.8 Å². The SMILES string of the molecule is CCOc1ccc(N=C2NC(=O)/C(=C\c3ccc(OCC(=O)Nc4ccc(F)cc4)c(OC)c3)S2)cc1. The van der Waals surface area contributed by atoms with Crippen LogP contribution in [0.25, 0.3) is 6.08 Å². The summed E-state index contributed by atoms with van der Waals surface area (Å²) in [5.41, 5.74) is 1.86. The first-order valence-electron chi connectivity index (χ1n) is 11.3. The van der Waals surface area contributed by atoms with E-state index in [2.05, 4.69) is 15.6 Å². The molecule has 37 heavy (non-hydrogen) atoms. The second kappa shape index (κ2) is 12.1. The van der Waals surface area contributed by atoms with E-state index in [1.807, 2.05) is 31.2 Å². The van der Waals surface area contributed by atoms with Crippen LogP contribution in [0.15, 0.2) is 76.6 Å².